The molecule has 3 rings (SSSR count). The van der Waals surface area contributed by atoms with Gasteiger partial charge in [0.1, 0.15) is 5.58 Å². The molecule has 2 amide bonds. The van der Waals surface area contributed by atoms with E-state index in [4.69, 9.17) is 16.0 Å². The Morgan fingerprint density at radius 1 is 1.04 bits per heavy atom. The minimum absolute atomic E-state index is 0.229. The van der Waals surface area contributed by atoms with Crippen LogP contribution in [-0.2, 0) is 0 Å². The molecule has 116 valence electrons. The van der Waals surface area contributed by atoms with Crippen LogP contribution in [0.3, 0.4) is 0 Å². The van der Waals surface area contributed by atoms with Crippen LogP contribution in [-0.4, -0.2) is 11.1 Å². The standard InChI is InChI=1S/C16H11ClN2O4/c17-10-6-2-3-7-11(10)18-16(22)19-13-14(20)9-5-1-4-8-12(9)23-15(13)21/h1-8,20H,(H2,18,19,22). The summed E-state index contributed by atoms with van der Waals surface area (Å²) in [6, 6.07) is 12.4. The van der Waals surface area contributed by atoms with Crippen LogP contribution in [0.25, 0.3) is 11.0 Å². The highest BCUT2D eigenvalue weighted by atomic mass is 35.5. The summed E-state index contributed by atoms with van der Waals surface area (Å²) in [7, 11) is 0. The molecule has 0 aliphatic heterocycles. The van der Waals surface area contributed by atoms with Crippen LogP contribution in [0.4, 0.5) is 16.2 Å². The minimum Gasteiger partial charge on any atom is -0.505 e. The number of fused-ring (bicyclic) bond motifs is 1. The van der Waals surface area contributed by atoms with Crippen LogP contribution in [0.2, 0.25) is 5.02 Å². The van der Waals surface area contributed by atoms with Gasteiger partial charge in [0.15, 0.2) is 11.4 Å². The molecule has 0 saturated heterocycles. The molecule has 23 heavy (non-hydrogen) atoms. The van der Waals surface area contributed by atoms with Crippen LogP contribution in [0.1, 0.15) is 0 Å². The summed E-state index contributed by atoms with van der Waals surface area (Å²) in [4.78, 5) is 23.9. The van der Waals surface area contributed by atoms with Gasteiger partial charge in [-0.2, -0.15) is 0 Å². The third-order valence-electron chi connectivity index (χ3n) is 3.15. The molecule has 0 spiro atoms. The number of nitrogens with one attached hydrogen (secondary N) is 2. The van der Waals surface area contributed by atoms with E-state index in [1.165, 1.54) is 0 Å². The average molecular weight is 331 g/mol. The van der Waals surface area contributed by atoms with Crippen molar-refractivity contribution in [3.63, 3.8) is 0 Å². The molecule has 6 nitrogen and oxygen atoms in total. The fourth-order valence-corrected chi connectivity index (χ4v) is 2.26. The number of halogens is 1. The zero-order valence-corrected chi connectivity index (χ0v) is 12.4. The van der Waals surface area contributed by atoms with Crippen LogP contribution in [0, 0.1) is 0 Å². The normalized spacial score (nSPS) is 10.5. The van der Waals surface area contributed by atoms with Gasteiger partial charge in [0.25, 0.3) is 0 Å². The van der Waals surface area contributed by atoms with Gasteiger partial charge in [-0.1, -0.05) is 35.9 Å². The first kappa shape index (κ1) is 14.9. The summed E-state index contributed by atoms with van der Waals surface area (Å²) in [5.74, 6) is -0.355. The molecule has 0 fully saturated rings. The lowest BCUT2D eigenvalue weighted by molar-refractivity contribution is 0.262. The fraction of sp³-hybridized carbons (Fsp3) is 0. The molecule has 1 aromatic heterocycles. The molecule has 2 aromatic carbocycles. The molecule has 0 atom stereocenters. The number of hydrogen-bond acceptors (Lipinski definition) is 4. The predicted molar refractivity (Wildman–Crippen MR) is 88.2 cm³/mol. The highest BCUT2D eigenvalue weighted by Gasteiger charge is 2.16. The van der Waals surface area contributed by atoms with Gasteiger partial charge in [0.05, 0.1) is 16.1 Å². The van der Waals surface area contributed by atoms with Crippen molar-refractivity contribution >= 4 is 40.0 Å². The number of rotatable bonds is 2. The Labute approximate surface area is 135 Å². The number of hydrogen-bond donors (Lipinski definition) is 3. The van der Waals surface area contributed by atoms with Gasteiger partial charge in [-0.15, -0.1) is 0 Å². The number of carbonyl (C=O) groups is 1. The molecule has 1 heterocycles. The Hall–Kier alpha value is -2.99. The maximum atomic E-state index is 12.0. The Bertz CT molecular complexity index is 952. The van der Waals surface area contributed by atoms with Crippen molar-refractivity contribution in [1.29, 1.82) is 0 Å². The molecule has 7 heteroatoms. The summed E-state index contributed by atoms with van der Waals surface area (Å²) < 4.78 is 5.06. The SMILES string of the molecule is O=C(Nc1ccccc1Cl)Nc1c(O)c2ccccc2oc1=O. The van der Waals surface area contributed by atoms with Gasteiger partial charge in [-0.3, -0.25) is 5.32 Å². The molecular weight excluding hydrogens is 320 g/mol. The molecule has 0 aliphatic carbocycles. The lowest BCUT2D eigenvalue weighted by Crippen LogP contribution is -2.23. The number of anilines is 2. The second kappa shape index (κ2) is 6.02. The van der Waals surface area contributed by atoms with Gasteiger partial charge in [-0.25, -0.2) is 9.59 Å². The van der Waals surface area contributed by atoms with Crippen molar-refractivity contribution in [1.82, 2.24) is 0 Å². The molecule has 3 N–H and O–H groups in total. The number of para-hydroxylation sites is 2. The second-order valence-corrected chi connectivity index (χ2v) is 5.08. The van der Waals surface area contributed by atoms with E-state index in [2.05, 4.69) is 10.6 Å². The largest absolute Gasteiger partial charge is 0.505 e. The average Bonchev–Trinajstić information content (AvgIpc) is 2.54. The molecule has 0 radical (unpaired) electrons. The number of urea groups is 1. The Balaban J connectivity index is 1.91. The van der Waals surface area contributed by atoms with Crippen LogP contribution in [0.15, 0.2) is 57.7 Å². The highest BCUT2D eigenvalue weighted by Crippen LogP contribution is 2.29. The number of aromatic hydroxyl groups is 1. The first-order valence-corrected chi connectivity index (χ1v) is 7.01. The Morgan fingerprint density at radius 3 is 2.52 bits per heavy atom. The summed E-state index contributed by atoms with van der Waals surface area (Å²) >= 11 is 5.94. The topological polar surface area (TPSA) is 91.6 Å². The molecule has 0 aliphatic rings. The van der Waals surface area contributed by atoms with E-state index in [0.29, 0.717) is 16.1 Å². The first-order valence-electron chi connectivity index (χ1n) is 6.63. The van der Waals surface area contributed by atoms with E-state index in [0.717, 1.165) is 0 Å². The van der Waals surface area contributed by atoms with E-state index in [-0.39, 0.29) is 17.0 Å². The molecule has 3 aromatic rings. The molecular formula is C16H11ClN2O4. The molecule has 0 saturated carbocycles. The van der Waals surface area contributed by atoms with Crippen molar-refractivity contribution in [2.24, 2.45) is 0 Å². The Kier molecular flexibility index (Phi) is 3.91. The zero-order valence-electron chi connectivity index (χ0n) is 11.7. The second-order valence-electron chi connectivity index (χ2n) is 4.67. The van der Waals surface area contributed by atoms with Gasteiger partial charge in [0, 0.05) is 0 Å². The van der Waals surface area contributed by atoms with Crippen molar-refractivity contribution < 1.29 is 14.3 Å². The van der Waals surface area contributed by atoms with E-state index < -0.39 is 11.7 Å². The van der Waals surface area contributed by atoms with Crippen molar-refractivity contribution in [2.75, 3.05) is 10.6 Å². The van der Waals surface area contributed by atoms with E-state index in [1.807, 2.05) is 0 Å². The maximum absolute atomic E-state index is 12.0. The van der Waals surface area contributed by atoms with Gasteiger partial charge < -0.3 is 14.8 Å². The van der Waals surface area contributed by atoms with Crippen LogP contribution >= 0.6 is 11.6 Å². The monoisotopic (exact) mass is 330 g/mol. The van der Waals surface area contributed by atoms with Gasteiger partial charge >= 0.3 is 11.7 Å². The smallest absolute Gasteiger partial charge is 0.364 e. The van der Waals surface area contributed by atoms with E-state index in [1.54, 1.807) is 48.5 Å². The summed E-state index contributed by atoms with van der Waals surface area (Å²) in [6.07, 6.45) is 0. The summed E-state index contributed by atoms with van der Waals surface area (Å²) in [5, 5.41) is 15.6. The minimum atomic E-state index is -0.851. The van der Waals surface area contributed by atoms with Gasteiger partial charge in [-0.05, 0) is 24.3 Å². The number of amides is 2. The van der Waals surface area contributed by atoms with Crippen molar-refractivity contribution in [3.8, 4) is 5.75 Å². The third kappa shape index (κ3) is 2.97. The molecule has 0 bridgehead atoms. The lowest BCUT2D eigenvalue weighted by Gasteiger charge is -2.10. The van der Waals surface area contributed by atoms with E-state index in [9.17, 15) is 14.7 Å². The maximum Gasteiger partial charge on any atom is 0.364 e. The van der Waals surface area contributed by atoms with Crippen molar-refractivity contribution in [2.45, 2.75) is 0 Å². The van der Waals surface area contributed by atoms with Crippen molar-refractivity contribution in [3.05, 3.63) is 64.0 Å². The highest BCUT2D eigenvalue weighted by molar-refractivity contribution is 6.33. The third-order valence-corrected chi connectivity index (χ3v) is 3.48. The first-order chi connectivity index (χ1) is 11.1. The number of carbonyl (C=O) groups excluding carboxylic acids is 1. The fourth-order valence-electron chi connectivity index (χ4n) is 2.07. The zero-order chi connectivity index (χ0) is 16.4. The number of benzene rings is 2. The molecule has 0 unspecified atom stereocenters. The predicted octanol–water partition coefficient (Wildman–Crippen LogP) is 3.80. The summed E-state index contributed by atoms with van der Waals surface area (Å²) in [5.41, 5.74) is -0.591. The summed E-state index contributed by atoms with van der Waals surface area (Å²) in [6.45, 7) is 0. The quantitative estimate of drug-likeness (QED) is 0.623. The lowest BCUT2D eigenvalue weighted by atomic mass is 10.2. The van der Waals surface area contributed by atoms with Crippen LogP contribution in [0.5, 0.6) is 5.75 Å². The van der Waals surface area contributed by atoms with Gasteiger partial charge in [0.2, 0.25) is 0 Å². The Morgan fingerprint density at radius 2 is 1.74 bits per heavy atom. The van der Waals surface area contributed by atoms with E-state index >= 15 is 0 Å². The van der Waals surface area contributed by atoms with Crippen LogP contribution < -0.4 is 16.3 Å².